The summed E-state index contributed by atoms with van der Waals surface area (Å²) in [6.07, 6.45) is 0.479. The van der Waals surface area contributed by atoms with Crippen LogP contribution in [0.5, 0.6) is 0 Å². The number of nitrogens with one attached hydrogen (secondary N) is 1. The minimum absolute atomic E-state index is 0.0599. The van der Waals surface area contributed by atoms with Gasteiger partial charge in [-0.3, -0.25) is 9.62 Å². The van der Waals surface area contributed by atoms with Crippen LogP contribution < -0.4 is 9.62 Å². The lowest BCUT2D eigenvalue weighted by Crippen LogP contribution is -2.46. The summed E-state index contributed by atoms with van der Waals surface area (Å²) in [5.41, 5.74) is 2.24. The van der Waals surface area contributed by atoms with E-state index in [0.717, 1.165) is 25.2 Å². The first-order chi connectivity index (χ1) is 16.7. The van der Waals surface area contributed by atoms with E-state index in [0.29, 0.717) is 41.8 Å². The van der Waals surface area contributed by atoms with Crippen LogP contribution in [0.2, 0.25) is 0 Å². The van der Waals surface area contributed by atoms with Crippen molar-refractivity contribution in [1.29, 1.82) is 5.26 Å². The zero-order valence-corrected chi connectivity index (χ0v) is 20.5. The zero-order chi connectivity index (χ0) is 25.2. The molecule has 1 fully saturated rings. The number of pyridine rings is 1. The number of rotatable bonds is 7. The van der Waals surface area contributed by atoms with Gasteiger partial charge in [0.05, 0.1) is 22.0 Å². The normalized spacial score (nSPS) is 14.6. The Hall–Kier alpha value is -3.68. The van der Waals surface area contributed by atoms with Crippen molar-refractivity contribution < 1.29 is 18.3 Å². The van der Waals surface area contributed by atoms with Gasteiger partial charge in [-0.15, -0.1) is 0 Å². The highest BCUT2D eigenvalue weighted by molar-refractivity contribution is 7.92. The van der Waals surface area contributed by atoms with Gasteiger partial charge in [0.2, 0.25) is 0 Å². The Morgan fingerprint density at radius 3 is 2.54 bits per heavy atom. The molecule has 0 bridgehead atoms. The highest BCUT2D eigenvalue weighted by Crippen LogP contribution is 2.28. The first-order valence-corrected chi connectivity index (χ1v) is 12.8. The first kappa shape index (κ1) is 24.4. The van der Waals surface area contributed by atoms with Crippen molar-refractivity contribution in [3.63, 3.8) is 0 Å². The Morgan fingerprint density at radius 2 is 1.86 bits per heavy atom. The molecule has 2 aromatic carbocycles. The fourth-order valence-electron chi connectivity index (χ4n) is 4.23. The fourth-order valence-corrected chi connectivity index (χ4v) is 5.61. The van der Waals surface area contributed by atoms with E-state index in [1.807, 2.05) is 17.9 Å². The van der Waals surface area contributed by atoms with Gasteiger partial charge >= 0.3 is 5.97 Å². The van der Waals surface area contributed by atoms with E-state index >= 15 is 0 Å². The van der Waals surface area contributed by atoms with E-state index < -0.39 is 16.0 Å². The number of sulfonamides is 1. The number of nitriles is 1. The molecule has 4 rings (SSSR count). The molecule has 35 heavy (non-hydrogen) atoms. The van der Waals surface area contributed by atoms with Gasteiger partial charge in [0, 0.05) is 50.2 Å². The van der Waals surface area contributed by atoms with E-state index in [9.17, 15) is 18.3 Å². The van der Waals surface area contributed by atoms with E-state index in [-0.39, 0.29) is 16.1 Å². The van der Waals surface area contributed by atoms with Crippen molar-refractivity contribution in [3.05, 3.63) is 59.2 Å². The van der Waals surface area contributed by atoms with Crippen molar-refractivity contribution >= 4 is 38.4 Å². The number of carboxylic acid groups (broad SMARTS) is 1. The maximum Gasteiger partial charge on any atom is 0.336 e. The Kier molecular flexibility index (Phi) is 6.91. The second-order valence-electron chi connectivity index (χ2n) is 8.68. The highest BCUT2D eigenvalue weighted by atomic mass is 32.2. The quantitative estimate of drug-likeness (QED) is 0.513. The number of aromatic carboxylic acids is 1. The number of benzene rings is 2. The van der Waals surface area contributed by atoms with Crippen LogP contribution in [0.4, 0.5) is 11.5 Å². The van der Waals surface area contributed by atoms with Crippen LogP contribution in [0.25, 0.3) is 10.9 Å². The lowest BCUT2D eigenvalue weighted by Gasteiger charge is -2.35. The zero-order valence-electron chi connectivity index (χ0n) is 19.7. The number of hydrogen-bond acceptors (Lipinski definition) is 7. The Balaban J connectivity index is 1.63. The molecule has 3 aromatic rings. The largest absolute Gasteiger partial charge is 0.478 e. The minimum atomic E-state index is -3.86. The molecule has 0 spiro atoms. The number of carbonyl (C=O) groups is 1. The standard InChI is InChI=1S/C25H27N5O4S/c1-17-4-5-18(2)23(14-17)35(33,34)28-19-6-7-22-20(15-19)21(25(31)32)16-24(27-22)30-12-10-29(11-13-30)9-3-8-26/h4-7,14-16,28H,3,9-13H2,1-2H3,(H,31,32). The fraction of sp³-hybridized carbons (Fsp3) is 0.320. The third-order valence-corrected chi connectivity index (χ3v) is 7.67. The van der Waals surface area contributed by atoms with Crippen LogP contribution in [-0.4, -0.2) is 62.1 Å². The third kappa shape index (κ3) is 5.37. The minimum Gasteiger partial charge on any atom is -0.478 e. The van der Waals surface area contributed by atoms with E-state index in [4.69, 9.17) is 5.26 Å². The number of piperazine rings is 1. The van der Waals surface area contributed by atoms with Crippen molar-refractivity contribution in [1.82, 2.24) is 9.88 Å². The van der Waals surface area contributed by atoms with E-state index in [1.165, 1.54) is 6.07 Å². The molecule has 1 aromatic heterocycles. The second kappa shape index (κ2) is 9.90. The number of aromatic nitrogens is 1. The Bertz CT molecular complexity index is 1420. The number of anilines is 2. The molecule has 0 amide bonds. The molecular weight excluding hydrogens is 466 g/mol. The molecule has 0 unspecified atom stereocenters. The summed E-state index contributed by atoms with van der Waals surface area (Å²) >= 11 is 0. The van der Waals surface area contributed by atoms with Gasteiger partial charge in [0.15, 0.2) is 0 Å². The van der Waals surface area contributed by atoms with Crippen molar-refractivity contribution in [3.8, 4) is 6.07 Å². The predicted molar refractivity (Wildman–Crippen MR) is 134 cm³/mol. The van der Waals surface area contributed by atoms with Crippen LogP contribution in [0.3, 0.4) is 0 Å². The number of aryl methyl sites for hydroxylation is 2. The molecule has 1 aliphatic heterocycles. The molecule has 0 radical (unpaired) electrons. The molecule has 9 nitrogen and oxygen atoms in total. The van der Waals surface area contributed by atoms with Crippen LogP contribution in [0, 0.1) is 25.2 Å². The third-order valence-electron chi connectivity index (χ3n) is 6.15. The van der Waals surface area contributed by atoms with Gasteiger partial charge < -0.3 is 10.0 Å². The molecule has 0 aliphatic carbocycles. The summed E-state index contributed by atoms with van der Waals surface area (Å²) in [7, 11) is -3.86. The lowest BCUT2D eigenvalue weighted by molar-refractivity contribution is 0.0699. The predicted octanol–water partition coefficient (Wildman–Crippen LogP) is 3.39. The summed E-state index contributed by atoms with van der Waals surface area (Å²) in [6, 6.07) is 13.6. The maximum absolute atomic E-state index is 13.0. The average Bonchev–Trinajstić information content (AvgIpc) is 2.83. The SMILES string of the molecule is Cc1ccc(C)c(S(=O)(=O)Nc2ccc3nc(N4CCN(CCC#N)CC4)cc(C(=O)O)c3c2)c1. The van der Waals surface area contributed by atoms with Gasteiger partial charge in [0.1, 0.15) is 5.82 Å². The van der Waals surface area contributed by atoms with E-state index in [1.54, 1.807) is 37.3 Å². The smallest absolute Gasteiger partial charge is 0.336 e. The maximum atomic E-state index is 13.0. The topological polar surface area (TPSA) is 127 Å². The first-order valence-electron chi connectivity index (χ1n) is 11.3. The van der Waals surface area contributed by atoms with Crippen LogP contribution in [-0.2, 0) is 10.0 Å². The molecule has 2 heterocycles. The van der Waals surface area contributed by atoms with Crippen molar-refractivity contribution in [2.24, 2.45) is 0 Å². The molecule has 182 valence electrons. The summed E-state index contributed by atoms with van der Waals surface area (Å²) < 4.78 is 28.6. The number of nitrogens with zero attached hydrogens (tertiary/aromatic N) is 4. The lowest BCUT2D eigenvalue weighted by atomic mass is 10.1. The molecule has 0 saturated carbocycles. The van der Waals surface area contributed by atoms with Gasteiger partial charge in [-0.2, -0.15) is 5.26 Å². The van der Waals surface area contributed by atoms with Crippen molar-refractivity contribution in [2.45, 2.75) is 25.2 Å². The summed E-state index contributed by atoms with van der Waals surface area (Å²) in [4.78, 5) is 21.2. The second-order valence-corrected chi connectivity index (χ2v) is 10.3. The number of carboxylic acids is 1. The van der Waals surface area contributed by atoms with Crippen LogP contribution in [0.1, 0.15) is 27.9 Å². The highest BCUT2D eigenvalue weighted by Gasteiger charge is 2.22. The van der Waals surface area contributed by atoms with Gasteiger partial charge in [-0.1, -0.05) is 12.1 Å². The molecule has 0 atom stereocenters. The number of fused-ring (bicyclic) bond motifs is 1. The molecule has 1 aliphatic rings. The Morgan fingerprint density at radius 1 is 1.11 bits per heavy atom. The molecular formula is C25H27N5O4S. The monoisotopic (exact) mass is 493 g/mol. The van der Waals surface area contributed by atoms with Crippen molar-refractivity contribution in [2.75, 3.05) is 42.3 Å². The number of hydrogen-bond donors (Lipinski definition) is 2. The Labute approximate surface area is 204 Å². The summed E-state index contributed by atoms with van der Waals surface area (Å²) in [6.45, 7) is 7.16. The molecule has 10 heteroatoms. The van der Waals surface area contributed by atoms with Crippen LogP contribution >= 0.6 is 0 Å². The molecule has 1 saturated heterocycles. The average molecular weight is 494 g/mol. The van der Waals surface area contributed by atoms with Gasteiger partial charge in [-0.05, 0) is 55.3 Å². The summed E-state index contributed by atoms with van der Waals surface area (Å²) in [5, 5.41) is 19.0. The van der Waals surface area contributed by atoms with Gasteiger partial charge in [-0.25, -0.2) is 18.2 Å². The summed E-state index contributed by atoms with van der Waals surface area (Å²) in [5.74, 6) is -0.542. The van der Waals surface area contributed by atoms with Gasteiger partial charge in [0.25, 0.3) is 10.0 Å². The van der Waals surface area contributed by atoms with Crippen LogP contribution in [0.15, 0.2) is 47.4 Å². The molecule has 2 N–H and O–H groups in total. The van der Waals surface area contributed by atoms with E-state index in [2.05, 4.69) is 20.7 Å².